The molecule has 1 N–H and O–H groups in total. The van der Waals surface area contributed by atoms with Gasteiger partial charge in [0.2, 0.25) is 0 Å². The molecule has 0 bridgehead atoms. The molecule has 1 aliphatic carbocycles. The van der Waals surface area contributed by atoms with Gasteiger partial charge in [-0.3, -0.25) is 0 Å². The van der Waals surface area contributed by atoms with Gasteiger partial charge in [-0.05, 0) is 94.3 Å². The van der Waals surface area contributed by atoms with Crippen molar-refractivity contribution in [1.82, 2.24) is 0 Å². The lowest BCUT2D eigenvalue weighted by Gasteiger charge is -2.28. The van der Waals surface area contributed by atoms with E-state index in [1.165, 1.54) is 60.8 Å². The van der Waals surface area contributed by atoms with Crippen LogP contribution in [0.2, 0.25) is 0 Å². The summed E-state index contributed by atoms with van der Waals surface area (Å²) in [6.45, 7) is 4.57. The normalized spacial score (nSPS) is 15.5. The topological polar surface area (TPSA) is 25.2 Å². The van der Waals surface area contributed by atoms with Crippen LogP contribution in [0.25, 0.3) is 55.3 Å². The molecule has 1 heterocycles. The Morgan fingerprint density at radius 3 is 2.26 bits per heavy atom. The highest BCUT2D eigenvalue weighted by Crippen LogP contribution is 2.52. The number of nitrogens with one attached hydrogen (secondary N) is 1. The van der Waals surface area contributed by atoms with Gasteiger partial charge in [-0.15, -0.1) is 0 Å². The first kappa shape index (κ1) is 25.6. The van der Waals surface area contributed by atoms with Crippen molar-refractivity contribution >= 4 is 27.6 Å². The number of furan rings is 1. The average molecular weight is 556 g/mol. The largest absolute Gasteiger partial charge is 0.455 e. The molecule has 8 rings (SSSR count). The standard InChI is InChI=1S/C41H33NO/c1-26-10-8-12-30(20-26)34-21-27(22-36-33-15-5-7-17-39(33)43-40(34)36)25-41(2)37-16-6-4-14-32(37)35-24-29(18-19-38(35)41)28-11-9-13-31(23-28)42-3/h4-24,42H,25H2,1-3H3. The third kappa shape index (κ3) is 4.09. The summed E-state index contributed by atoms with van der Waals surface area (Å²) >= 11 is 0. The molecule has 0 saturated carbocycles. The Morgan fingerprint density at radius 2 is 1.37 bits per heavy atom. The van der Waals surface area contributed by atoms with E-state index < -0.39 is 0 Å². The van der Waals surface area contributed by atoms with Crippen LogP contribution in [-0.4, -0.2) is 7.05 Å². The molecule has 43 heavy (non-hydrogen) atoms. The Balaban J connectivity index is 1.30. The SMILES string of the molecule is CNc1cccc(-c2ccc3c(c2)-c2ccccc2C3(C)Cc2cc(-c3cccc(C)c3)c3oc4ccccc4c3c2)c1. The van der Waals surface area contributed by atoms with E-state index in [-0.39, 0.29) is 5.41 Å². The number of hydrogen-bond acceptors (Lipinski definition) is 2. The van der Waals surface area contributed by atoms with Crippen LogP contribution in [0.1, 0.15) is 29.2 Å². The Bertz CT molecular complexity index is 2180. The maximum Gasteiger partial charge on any atom is 0.143 e. The Kier molecular flexibility index (Phi) is 5.80. The van der Waals surface area contributed by atoms with Gasteiger partial charge in [-0.25, -0.2) is 0 Å². The highest BCUT2D eigenvalue weighted by atomic mass is 16.3. The third-order valence-corrected chi connectivity index (χ3v) is 9.34. The summed E-state index contributed by atoms with van der Waals surface area (Å²) in [7, 11) is 1.97. The monoisotopic (exact) mass is 555 g/mol. The second-order valence-corrected chi connectivity index (χ2v) is 12.1. The fraction of sp³-hybridized carbons (Fsp3) is 0.122. The van der Waals surface area contributed by atoms with Gasteiger partial charge in [-0.2, -0.15) is 0 Å². The minimum atomic E-state index is -0.172. The van der Waals surface area contributed by atoms with E-state index in [2.05, 4.69) is 147 Å². The van der Waals surface area contributed by atoms with E-state index in [1.54, 1.807) is 0 Å². The number of para-hydroxylation sites is 1. The number of aryl methyl sites for hydroxylation is 1. The molecule has 1 aliphatic rings. The summed E-state index contributed by atoms with van der Waals surface area (Å²) < 4.78 is 6.51. The van der Waals surface area contributed by atoms with Crippen molar-refractivity contribution in [2.45, 2.75) is 25.7 Å². The predicted molar refractivity (Wildman–Crippen MR) is 181 cm³/mol. The lowest BCUT2D eigenvalue weighted by Crippen LogP contribution is -2.24. The van der Waals surface area contributed by atoms with Gasteiger partial charge in [0.05, 0.1) is 0 Å². The van der Waals surface area contributed by atoms with Gasteiger partial charge in [0.1, 0.15) is 11.2 Å². The Hall–Kier alpha value is -5.08. The van der Waals surface area contributed by atoms with E-state index in [9.17, 15) is 0 Å². The number of fused-ring (bicyclic) bond motifs is 6. The lowest BCUT2D eigenvalue weighted by atomic mass is 9.74. The molecule has 0 spiro atoms. The maximum atomic E-state index is 6.51. The van der Waals surface area contributed by atoms with Crippen LogP contribution in [0.5, 0.6) is 0 Å². The summed E-state index contributed by atoms with van der Waals surface area (Å²) in [5.74, 6) is 0. The van der Waals surface area contributed by atoms with Gasteiger partial charge in [0.25, 0.3) is 0 Å². The van der Waals surface area contributed by atoms with Crippen LogP contribution in [-0.2, 0) is 11.8 Å². The molecule has 2 heteroatoms. The van der Waals surface area contributed by atoms with E-state index in [0.717, 1.165) is 28.8 Å². The molecule has 2 nitrogen and oxygen atoms in total. The molecule has 0 aliphatic heterocycles. The summed E-state index contributed by atoms with van der Waals surface area (Å²) in [6, 6.07) is 46.5. The molecule has 0 amide bonds. The first-order valence-electron chi connectivity index (χ1n) is 15.1. The van der Waals surface area contributed by atoms with Gasteiger partial charge in [-0.1, -0.05) is 103 Å². The zero-order valence-corrected chi connectivity index (χ0v) is 24.7. The second kappa shape index (κ2) is 9.74. The molecule has 1 aromatic heterocycles. The molecular formula is C41H33NO. The molecule has 1 unspecified atom stereocenters. The second-order valence-electron chi connectivity index (χ2n) is 12.1. The van der Waals surface area contributed by atoms with Crippen molar-refractivity contribution in [3.8, 4) is 33.4 Å². The summed E-state index contributed by atoms with van der Waals surface area (Å²) in [5.41, 5.74) is 15.6. The minimum Gasteiger partial charge on any atom is -0.455 e. The molecule has 0 radical (unpaired) electrons. The first-order chi connectivity index (χ1) is 21.0. The molecule has 0 fully saturated rings. The average Bonchev–Trinajstić information content (AvgIpc) is 3.53. The highest BCUT2D eigenvalue weighted by molar-refractivity contribution is 6.10. The first-order valence-corrected chi connectivity index (χ1v) is 15.1. The summed E-state index contributed by atoms with van der Waals surface area (Å²) in [5, 5.41) is 5.63. The van der Waals surface area contributed by atoms with Gasteiger partial charge >= 0.3 is 0 Å². The molecule has 7 aromatic rings. The zero-order chi connectivity index (χ0) is 29.1. The maximum absolute atomic E-state index is 6.51. The molecule has 6 aromatic carbocycles. The molecule has 1 atom stereocenters. The number of rotatable bonds is 5. The van der Waals surface area contributed by atoms with Gasteiger partial charge in [0, 0.05) is 34.5 Å². The van der Waals surface area contributed by atoms with Crippen molar-refractivity contribution in [3.05, 3.63) is 150 Å². The van der Waals surface area contributed by atoms with Crippen LogP contribution >= 0.6 is 0 Å². The summed E-state index contributed by atoms with van der Waals surface area (Å²) in [4.78, 5) is 0. The smallest absolute Gasteiger partial charge is 0.143 e. The van der Waals surface area contributed by atoms with Crippen LogP contribution < -0.4 is 5.32 Å². The number of hydrogen-bond donors (Lipinski definition) is 1. The Labute approximate surface area is 252 Å². The number of benzene rings is 6. The quantitative estimate of drug-likeness (QED) is 0.228. The molecule has 208 valence electrons. The fourth-order valence-corrected chi connectivity index (χ4v) is 7.24. The lowest BCUT2D eigenvalue weighted by molar-refractivity contribution is 0.583. The van der Waals surface area contributed by atoms with E-state index in [0.29, 0.717) is 0 Å². The van der Waals surface area contributed by atoms with Crippen LogP contribution in [0.15, 0.2) is 132 Å². The van der Waals surface area contributed by atoms with E-state index >= 15 is 0 Å². The molecule has 0 saturated heterocycles. The molecular weight excluding hydrogens is 522 g/mol. The van der Waals surface area contributed by atoms with Crippen molar-refractivity contribution in [3.63, 3.8) is 0 Å². The summed E-state index contributed by atoms with van der Waals surface area (Å²) in [6.07, 6.45) is 0.889. The van der Waals surface area contributed by atoms with Crippen LogP contribution in [0.4, 0.5) is 5.69 Å². The van der Waals surface area contributed by atoms with Crippen molar-refractivity contribution in [2.75, 3.05) is 12.4 Å². The van der Waals surface area contributed by atoms with Crippen LogP contribution in [0.3, 0.4) is 0 Å². The van der Waals surface area contributed by atoms with Crippen molar-refractivity contribution in [2.24, 2.45) is 0 Å². The van der Waals surface area contributed by atoms with Crippen molar-refractivity contribution < 1.29 is 4.42 Å². The highest BCUT2D eigenvalue weighted by Gasteiger charge is 2.39. The number of anilines is 1. The van der Waals surface area contributed by atoms with Crippen LogP contribution in [0, 0.1) is 6.92 Å². The fourth-order valence-electron chi connectivity index (χ4n) is 7.24. The minimum absolute atomic E-state index is 0.172. The van der Waals surface area contributed by atoms with Gasteiger partial charge < -0.3 is 9.73 Å². The zero-order valence-electron chi connectivity index (χ0n) is 24.7. The predicted octanol–water partition coefficient (Wildman–Crippen LogP) is 10.8. The van der Waals surface area contributed by atoms with E-state index in [4.69, 9.17) is 4.42 Å². The third-order valence-electron chi connectivity index (χ3n) is 9.34. The van der Waals surface area contributed by atoms with E-state index in [1.807, 2.05) is 7.05 Å². The Morgan fingerprint density at radius 1 is 0.605 bits per heavy atom. The van der Waals surface area contributed by atoms with Crippen molar-refractivity contribution in [1.29, 1.82) is 0 Å². The van der Waals surface area contributed by atoms with Gasteiger partial charge in [0.15, 0.2) is 0 Å².